The summed E-state index contributed by atoms with van der Waals surface area (Å²) in [5, 5.41) is 4.41. The second-order valence-corrected chi connectivity index (χ2v) is 8.88. The Hall–Kier alpha value is -2.55. The smallest absolute Gasteiger partial charge is 0.246 e. The topological polar surface area (TPSA) is 61.4 Å². The summed E-state index contributed by atoms with van der Waals surface area (Å²) in [6.45, 7) is 1.90. The van der Waals surface area contributed by atoms with Gasteiger partial charge in [0.25, 0.3) is 0 Å². The third-order valence-electron chi connectivity index (χ3n) is 4.80. The highest BCUT2D eigenvalue weighted by atomic mass is 35.5. The number of anilines is 2. The van der Waals surface area contributed by atoms with Crippen LogP contribution in [0.15, 0.2) is 36.7 Å². The van der Waals surface area contributed by atoms with E-state index in [1.807, 2.05) is 30.0 Å². The number of benzene rings is 1. The minimum absolute atomic E-state index is 0.0128. The summed E-state index contributed by atoms with van der Waals surface area (Å²) < 4.78 is 13.7. The Morgan fingerprint density at radius 2 is 2.20 bits per heavy atom. The molecule has 9 heteroatoms. The van der Waals surface area contributed by atoms with Gasteiger partial charge in [0.05, 0.1) is 11.9 Å². The number of halogens is 2. The lowest BCUT2D eigenvalue weighted by Crippen LogP contribution is -2.34. The number of likely N-dealkylation sites (N-methyl/N-ethyl adjacent to an activating group) is 1. The van der Waals surface area contributed by atoms with Gasteiger partial charge in [0.2, 0.25) is 5.91 Å². The van der Waals surface area contributed by atoms with Crippen molar-refractivity contribution in [3.05, 3.63) is 58.0 Å². The molecular weight excluding hydrogens is 425 g/mol. The molecule has 4 rings (SSSR count). The molecule has 0 aliphatic carbocycles. The van der Waals surface area contributed by atoms with E-state index in [9.17, 15) is 9.18 Å². The van der Waals surface area contributed by atoms with Gasteiger partial charge in [0.1, 0.15) is 22.8 Å². The third-order valence-corrected chi connectivity index (χ3v) is 6.15. The summed E-state index contributed by atoms with van der Waals surface area (Å²) in [4.78, 5) is 27.1. The summed E-state index contributed by atoms with van der Waals surface area (Å²) in [5.41, 5.74) is 1.67. The molecule has 0 saturated carbocycles. The molecule has 0 bridgehead atoms. The highest BCUT2D eigenvalue weighted by Crippen LogP contribution is 2.38. The van der Waals surface area contributed by atoms with E-state index in [2.05, 4.69) is 15.3 Å². The number of thiophene rings is 1. The van der Waals surface area contributed by atoms with Crippen LogP contribution in [0.1, 0.15) is 10.4 Å². The Balaban J connectivity index is 1.60. The molecule has 156 valence electrons. The molecule has 0 unspecified atom stereocenters. The SMILES string of the molecule is CN(C)CC=CC(=O)N1CCc2c(sc3ncnc(Nc4cc(F)cc(Cl)c4)c23)C1. The summed E-state index contributed by atoms with van der Waals surface area (Å²) in [6.07, 6.45) is 5.72. The highest BCUT2D eigenvalue weighted by molar-refractivity contribution is 7.19. The van der Waals surface area contributed by atoms with Crippen molar-refractivity contribution in [1.29, 1.82) is 0 Å². The number of nitrogens with zero attached hydrogens (tertiary/aromatic N) is 4. The molecule has 1 amide bonds. The molecule has 0 spiro atoms. The van der Waals surface area contributed by atoms with Crippen molar-refractivity contribution < 1.29 is 9.18 Å². The third kappa shape index (κ3) is 4.45. The molecule has 1 N–H and O–H groups in total. The molecule has 3 aromatic rings. The summed E-state index contributed by atoms with van der Waals surface area (Å²) in [6, 6.07) is 4.28. The van der Waals surface area contributed by atoms with Crippen molar-refractivity contribution in [2.75, 3.05) is 32.5 Å². The van der Waals surface area contributed by atoms with Gasteiger partial charge in [0.15, 0.2) is 0 Å². The zero-order valence-electron chi connectivity index (χ0n) is 16.7. The van der Waals surface area contributed by atoms with Crippen LogP contribution in [0, 0.1) is 5.82 Å². The number of hydrogen-bond acceptors (Lipinski definition) is 6. The van der Waals surface area contributed by atoms with E-state index in [4.69, 9.17) is 11.6 Å². The van der Waals surface area contributed by atoms with Crippen LogP contribution < -0.4 is 5.32 Å². The van der Waals surface area contributed by atoms with Crippen molar-refractivity contribution in [3.63, 3.8) is 0 Å². The lowest BCUT2D eigenvalue weighted by molar-refractivity contribution is -0.126. The maximum Gasteiger partial charge on any atom is 0.246 e. The molecule has 1 aromatic carbocycles. The van der Waals surface area contributed by atoms with Crippen LogP contribution in [0.5, 0.6) is 0 Å². The number of rotatable bonds is 5. The van der Waals surface area contributed by atoms with E-state index >= 15 is 0 Å². The van der Waals surface area contributed by atoms with Crippen LogP contribution in [0.25, 0.3) is 10.2 Å². The highest BCUT2D eigenvalue weighted by Gasteiger charge is 2.25. The molecule has 0 atom stereocenters. The number of aromatic nitrogens is 2. The molecule has 3 heterocycles. The van der Waals surface area contributed by atoms with Gasteiger partial charge in [-0.3, -0.25) is 4.79 Å². The first kappa shape index (κ1) is 20.7. The molecule has 1 aliphatic rings. The largest absolute Gasteiger partial charge is 0.339 e. The van der Waals surface area contributed by atoms with Crippen LogP contribution in [0.4, 0.5) is 15.9 Å². The number of fused-ring (bicyclic) bond motifs is 3. The zero-order valence-corrected chi connectivity index (χ0v) is 18.2. The fourth-order valence-corrected chi connectivity index (χ4v) is 4.87. The van der Waals surface area contributed by atoms with E-state index in [0.29, 0.717) is 36.0 Å². The van der Waals surface area contributed by atoms with Gasteiger partial charge in [-0.05, 0) is 44.3 Å². The van der Waals surface area contributed by atoms with Gasteiger partial charge in [-0.25, -0.2) is 14.4 Å². The first-order valence-corrected chi connectivity index (χ1v) is 10.7. The molecule has 0 fully saturated rings. The number of carbonyl (C=O) groups excluding carboxylic acids is 1. The maximum absolute atomic E-state index is 13.7. The number of amides is 1. The summed E-state index contributed by atoms with van der Waals surface area (Å²) in [5.74, 6) is 0.211. The molecule has 6 nitrogen and oxygen atoms in total. The van der Waals surface area contributed by atoms with Crippen LogP contribution in [-0.4, -0.2) is 52.9 Å². The molecule has 1 aliphatic heterocycles. The Morgan fingerprint density at radius 1 is 1.37 bits per heavy atom. The van der Waals surface area contributed by atoms with Gasteiger partial charge in [-0.15, -0.1) is 11.3 Å². The standard InChI is InChI=1S/C21H21ClFN5OS/c1-27(2)6-3-4-18(29)28-7-5-16-17(11-28)30-21-19(16)20(24-12-25-21)26-15-9-13(22)8-14(23)10-15/h3-4,8-10,12H,5-7,11H2,1-2H3,(H,24,25,26). The zero-order chi connectivity index (χ0) is 21.3. The van der Waals surface area contributed by atoms with Crippen molar-refractivity contribution in [1.82, 2.24) is 19.8 Å². The lowest BCUT2D eigenvalue weighted by Gasteiger charge is -2.26. The average Bonchev–Trinajstić information content (AvgIpc) is 3.05. The van der Waals surface area contributed by atoms with Gasteiger partial charge in [0, 0.05) is 34.8 Å². The van der Waals surface area contributed by atoms with Crippen LogP contribution >= 0.6 is 22.9 Å². The van der Waals surface area contributed by atoms with E-state index in [1.165, 1.54) is 18.5 Å². The van der Waals surface area contributed by atoms with Crippen LogP contribution in [-0.2, 0) is 17.8 Å². The van der Waals surface area contributed by atoms with Crippen molar-refractivity contribution in [3.8, 4) is 0 Å². The predicted octanol–water partition coefficient (Wildman–Crippen LogP) is 4.23. The number of hydrogen-bond donors (Lipinski definition) is 1. The first-order chi connectivity index (χ1) is 14.4. The molecule has 30 heavy (non-hydrogen) atoms. The van der Waals surface area contributed by atoms with Crippen molar-refractivity contribution in [2.24, 2.45) is 0 Å². The lowest BCUT2D eigenvalue weighted by atomic mass is 10.0. The van der Waals surface area contributed by atoms with Gasteiger partial charge >= 0.3 is 0 Å². The fraction of sp³-hybridized carbons (Fsp3) is 0.286. The number of nitrogens with one attached hydrogen (secondary N) is 1. The Morgan fingerprint density at radius 3 is 2.97 bits per heavy atom. The van der Waals surface area contributed by atoms with E-state index in [0.717, 1.165) is 27.2 Å². The monoisotopic (exact) mass is 445 g/mol. The average molecular weight is 446 g/mol. The normalized spacial score (nSPS) is 14.0. The van der Waals surface area contributed by atoms with Crippen molar-refractivity contribution >= 4 is 50.6 Å². The molecule has 0 saturated heterocycles. The molecular formula is C21H21ClFN5OS. The Labute approximate surface area is 183 Å². The second kappa shape index (κ2) is 8.67. The van der Waals surface area contributed by atoms with Crippen molar-refractivity contribution in [2.45, 2.75) is 13.0 Å². The molecule has 2 aromatic heterocycles. The Kier molecular flexibility index (Phi) is 5.99. The van der Waals surface area contributed by atoms with Gasteiger partial charge in [-0.2, -0.15) is 0 Å². The summed E-state index contributed by atoms with van der Waals surface area (Å²) in [7, 11) is 3.92. The van der Waals surface area contributed by atoms with E-state index in [1.54, 1.807) is 23.5 Å². The first-order valence-electron chi connectivity index (χ1n) is 9.49. The van der Waals surface area contributed by atoms with E-state index < -0.39 is 5.82 Å². The maximum atomic E-state index is 13.7. The second-order valence-electron chi connectivity index (χ2n) is 7.36. The molecule has 0 radical (unpaired) electrons. The fourth-order valence-electron chi connectivity index (χ4n) is 3.44. The van der Waals surface area contributed by atoms with Crippen LogP contribution in [0.2, 0.25) is 5.02 Å². The summed E-state index contributed by atoms with van der Waals surface area (Å²) >= 11 is 7.53. The van der Waals surface area contributed by atoms with Crippen LogP contribution in [0.3, 0.4) is 0 Å². The Bertz CT molecular complexity index is 1110. The van der Waals surface area contributed by atoms with Gasteiger partial charge < -0.3 is 15.1 Å². The van der Waals surface area contributed by atoms with Gasteiger partial charge in [-0.1, -0.05) is 17.7 Å². The quantitative estimate of drug-likeness (QED) is 0.595. The number of carbonyl (C=O) groups is 1. The predicted molar refractivity (Wildman–Crippen MR) is 119 cm³/mol. The minimum Gasteiger partial charge on any atom is -0.339 e. The minimum atomic E-state index is -0.417. The van der Waals surface area contributed by atoms with E-state index in [-0.39, 0.29) is 5.91 Å².